The van der Waals surface area contributed by atoms with Crippen molar-refractivity contribution < 1.29 is 4.74 Å². The van der Waals surface area contributed by atoms with E-state index in [-0.39, 0.29) is 5.60 Å². The van der Waals surface area contributed by atoms with Crippen molar-refractivity contribution in [3.63, 3.8) is 0 Å². The molecule has 1 rings (SSSR count). The van der Waals surface area contributed by atoms with Crippen LogP contribution in [0, 0.1) is 0 Å². The van der Waals surface area contributed by atoms with Gasteiger partial charge >= 0.3 is 0 Å². The van der Waals surface area contributed by atoms with Crippen molar-refractivity contribution in [2.24, 2.45) is 0 Å². The third-order valence-corrected chi connectivity index (χ3v) is 2.92. The zero-order valence-electron chi connectivity index (χ0n) is 12.4. The zero-order valence-corrected chi connectivity index (χ0v) is 12.4. The summed E-state index contributed by atoms with van der Waals surface area (Å²) in [5.74, 6) is 1.51. The number of hydrogen-bond acceptors (Lipinski definition) is 2. The second-order valence-corrected chi connectivity index (χ2v) is 5.76. The molecule has 0 bridgehead atoms. The molecule has 0 spiro atoms. The van der Waals surface area contributed by atoms with Crippen molar-refractivity contribution in [2.45, 2.75) is 52.6 Å². The van der Waals surface area contributed by atoms with Gasteiger partial charge in [-0.1, -0.05) is 32.9 Å². The summed E-state index contributed by atoms with van der Waals surface area (Å²) in [6.07, 6.45) is 1.15. The zero-order chi connectivity index (χ0) is 13.6. The van der Waals surface area contributed by atoms with Gasteiger partial charge in [0.25, 0.3) is 0 Å². The lowest BCUT2D eigenvalue weighted by atomic mass is 10.0. The fourth-order valence-corrected chi connectivity index (χ4v) is 1.84. The van der Waals surface area contributed by atoms with Crippen LogP contribution in [0.1, 0.15) is 52.5 Å². The molecule has 0 radical (unpaired) electrons. The second-order valence-electron chi connectivity index (χ2n) is 5.76. The lowest BCUT2D eigenvalue weighted by molar-refractivity contribution is 0.108. The van der Waals surface area contributed by atoms with Crippen LogP contribution in [0.3, 0.4) is 0 Å². The molecule has 102 valence electrons. The first-order valence-electron chi connectivity index (χ1n) is 6.94. The van der Waals surface area contributed by atoms with Gasteiger partial charge in [-0.25, -0.2) is 0 Å². The number of nitrogens with one attached hydrogen (secondary N) is 1. The van der Waals surface area contributed by atoms with Crippen molar-refractivity contribution in [1.29, 1.82) is 0 Å². The van der Waals surface area contributed by atoms with Gasteiger partial charge in [0.05, 0.1) is 0 Å². The molecule has 0 atom stereocenters. The van der Waals surface area contributed by atoms with Crippen LogP contribution in [0.2, 0.25) is 0 Å². The molecule has 1 aromatic rings. The molecule has 0 unspecified atom stereocenters. The first-order valence-corrected chi connectivity index (χ1v) is 6.94. The first kappa shape index (κ1) is 15.0. The molecule has 0 amide bonds. The fourth-order valence-electron chi connectivity index (χ4n) is 1.84. The minimum atomic E-state index is -0.172. The molecule has 0 aliphatic heterocycles. The van der Waals surface area contributed by atoms with Crippen LogP contribution < -0.4 is 10.1 Å². The molecule has 0 aliphatic rings. The lowest BCUT2D eigenvalue weighted by Gasteiger charge is -2.27. The average molecular weight is 249 g/mol. The van der Waals surface area contributed by atoms with Gasteiger partial charge in [-0.15, -0.1) is 0 Å². The smallest absolute Gasteiger partial charge is 0.120 e. The highest BCUT2D eigenvalue weighted by atomic mass is 16.5. The number of ether oxygens (including phenoxy) is 1. The Morgan fingerprint density at radius 3 is 2.28 bits per heavy atom. The van der Waals surface area contributed by atoms with Gasteiger partial charge < -0.3 is 10.1 Å². The third kappa shape index (κ3) is 5.09. The third-order valence-electron chi connectivity index (χ3n) is 2.92. The van der Waals surface area contributed by atoms with Gasteiger partial charge in [0, 0.05) is 6.54 Å². The Kier molecular flexibility index (Phi) is 5.67. The molecule has 0 aromatic heterocycles. The Hall–Kier alpha value is -1.02. The maximum atomic E-state index is 6.02. The predicted octanol–water partition coefficient (Wildman–Crippen LogP) is 3.97. The van der Waals surface area contributed by atoms with E-state index in [0.717, 1.165) is 25.3 Å². The van der Waals surface area contributed by atoms with E-state index in [4.69, 9.17) is 4.74 Å². The van der Waals surface area contributed by atoms with E-state index < -0.39 is 0 Å². The molecule has 1 aromatic carbocycles. The van der Waals surface area contributed by atoms with Crippen LogP contribution in [-0.4, -0.2) is 18.7 Å². The molecular weight excluding hydrogens is 222 g/mol. The highest BCUT2D eigenvalue weighted by molar-refractivity contribution is 5.29. The van der Waals surface area contributed by atoms with Gasteiger partial charge in [-0.2, -0.15) is 0 Å². The molecule has 0 saturated heterocycles. The van der Waals surface area contributed by atoms with E-state index in [9.17, 15) is 0 Å². The molecule has 0 fully saturated rings. The van der Waals surface area contributed by atoms with Crippen molar-refractivity contribution in [2.75, 3.05) is 13.1 Å². The Bertz CT molecular complexity index is 341. The minimum absolute atomic E-state index is 0.172. The Labute approximate surface area is 112 Å². The maximum absolute atomic E-state index is 6.02. The van der Waals surface area contributed by atoms with Gasteiger partial charge in [-0.05, 0) is 50.4 Å². The highest BCUT2D eigenvalue weighted by Gasteiger charge is 2.19. The second kappa shape index (κ2) is 6.79. The molecular formula is C16H27NO. The summed E-state index contributed by atoms with van der Waals surface area (Å²) in [7, 11) is 0. The molecule has 2 nitrogen and oxygen atoms in total. The fraction of sp³-hybridized carbons (Fsp3) is 0.625. The van der Waals surface area contributed by atoms with Crippen LogP contribution in [0.4, 0.5) is 0 Å². The van der Waals surface area contributed by atoms with Gasteiger partial charge in [0.1, 0.15) is 11.4 Å². The van der Waals surface area contributed by atoms with E-state index in [1.165, 1.54) is 5.56 Å². The van der Waals surface area contributed by atoms with E-state index in [0.29, 0.717) is 5.92 Å². The summed E-state index contributed by atoms with van der Waals surface area (Å²) in [5.41, 5.74) is 1.18. The molecule has 0 heterocycles. The Balaban J connectivity index is 2.55. The molecule has 1 N–H and O–H groups in total. The highest BCUT2D eigenvalue weighted by Crippen LogP contribution is 2.21. The van der Waals surface area contributed by atoms with Gasteiger partial charge in [0.15, 0.2) is 0 Å². The van der Waals surface area contributed by atoms with E-state index in [1.807, 2.05) is 0 Å². The van der Waals surface area contributed by atoms with E-state index in [1.54, 1.807) is 0 Å². The van der Waals surface area contributed by atoms with Crippen LogP contribution in [-0.2, 0) is 0 Å². The SMILES string of the molecule is CCCNCC(C)(C)Oc1ccc(C(C)C)cc1. The van der Waals surface area contributed by atoms with Crippen LogP contribution >= 0.6 is 0 Å². The number of hydrogen-bond donors (Lipinski definition) is 1. The monoisotopic (exact) mass is 249 g/mol. The van der Waals surface area contributed by atoms with Crippen molar-refractivity contribution in [3.05, 3.63) is 29.8 Å². The lowest BCUT2D eigenvalue weighted by Crippen LogP contribution is -2.40. The van der Waals surface area contributed by atoms with Crippen molar-refractivity contribution in [1.82, 2.24) is 5.32 Å². The number of benzene rings is 1. The van der Waals surface area contributed by atoms with E-state index in [2.05, 4.69) is 64.2 Å². The summed E-state index contributed by atoms with van der Waals surface area (Å²) in [5, 5.41) is 3.40. The summed E-state index contributed by atoms with van der Waals surface area (Å²) in [6, 6.07) is 8.43. The standard InChI is InChI=1S/C16H27NO/c1-6-11-17-12-16(4,5)18-15-9-7-14(8-10-15)13(2)3/h7-10,13,17H,6,11-12H2,1-5H3. The van der Waals surface area contributed by atoms with Crippen LogP contribution in [0.25, 0.3) is 0 Å². The van der Waals surface area contributed by atoms with Crippen LogP contribution in [0.15, 0.2) is 24.3 Å². The van der Waals surface area contributed by atoms with Gasteiger partial charge in [-0.3, -0.25) is 0 Å². The topological polar surface area (TPSA) is 21.3 Å². The van der Waals surface area contributed by atoms with Crippen LogP contribution in [0.5, 0.6) is 5.75 Å². The van der Waals surface area contributed by atoms with E-state index >= 15 is 0 Å². The summed E-state index contributed by atoms with van der Waals surface area (Å²) in [4.78, 5) is 0. The molecule has 0 aliphatic carbocycles. The quantitative estimate of drug-likeness (QED) is 0.738. The molecule has 2 heteroatoms. The summed E-state index contributed by atoms with van der Waals surface area (Å²) >= 11 is 0. The molecule has 18 heavy (non-hydrogen) atoms. The predicted molar refractivity (Wildman–Crippen MR) is 78.4 cm³/mol. The Morgan fingerprint density at radius 1 is 1.17 bits per heavy atom. The van der Waals surface area contributed by atoms with Gasteiger partial charge in [0.2, 0.25) is 0 Å². The summed E-state index contributed by atoms with van der Waals surface area (Å²) in [6.45, 7) is 12.7. The summed E-state index contributed by atoms with van der Waals surface area (Å²) < 4.78 is 6.02. The van der Waals surface area contributed by atoms with Crippen molar-refractivity contribution in [3.8, 4) is 5.75 Å². The largest absolute Gasteiger partial charge is 0.487 e. The maximum Gasteiger partial charge on any atom is 0.120 e. The molecule has 0 saturated carbocycles. The van der Waals surface area contributed by atoms with Crippen molar-refractivity contribution >= 4 is 0 Å². The minimum Gasteiger partial charge on any atom is -0.487 e. The Morgan fingerprint density at radius 2 is 1.78 bits per heavy atom. The number of rotatable bonds is 7. The first-order chi connectivity index (χ1) is 8.44. The average Bonchev–Trinajstić information content (AvgIpc) is 2.29. The normalized spacial score (nSPS) is 11.9.